The number of nitrogens with one attached hydrogen (secondary N) is 2. The van der Waals surface area contributed by atoms with Crippen LogP contribution in [-0.2, 0) is 17.6 Å². The minimum atomic E-state index is -0.251. The zero-order valence-corrected chi connectivity index (χ0v) is 17.2. The number of aromatic nitrogens is 2. The molecule has 0 fully saturated rings. The molecule has 27 heavy (non-hydrogen) atoms. The molecule has 142 valence electrons. The average Bonchev–Trinajstić information content (AvgIpc) is 2.95. The molecule has 2 aromatic heterocycles. The van der Waals surface area contributed by atoms with Gasteiger partial charge in [-0.2, -0.15) is 5.26 Å². The number of hydrogen-bond donors (Lipinski definition) is 2. The number of amides is 1. The monoisotopic (exact) mass is 402 g/mol. The van der Waals surface area contributed by atoms with Gasteiger partial charge in [0.2, 0.25) is 5.91 Å². The fourth-order valence-electron chi connectivity index (χ4n) is 3.25. The van der Waals surface area contributed by atoms with Crippen molar-refractivity contribution in [3.8, 4) is 6.07 Å². The largest absolute Gasteiger partial charge is 0.316 e. The standard InChI is InChI=1S/C19H22N4O2S2/c1-19(2,3)11-4-5-12-13(9-20)17(27-14(12)8-11)22-16(25)10-26-18-21-7-6-15(24)23-18/h6-7,11H,4-5,8,10H2,1-3H3,(H,22,25)(H,21,23,24)/t11-/m0/s1. The number of H-pyrrole nitrogens is 1. The molecule has 3 rings (SSSR count). The second-order valence-corrected chi connectivity index (χ2v) is 9.77. The van der Waals surface area contributed by atoms with Crippen LogP contribution in [0.1, 0.15) is 43.2 Å². The Labute approximate surface area is 166 Å². The number of thiophene rings is 1. The summed E-state index contributed by atoms with van der Waals surface area (Å²) in [5.74, 6) is 0.481. The number of anilines is 1. The lowest BCUT2D eigenvalue weighted by Gasteiger charge is -2.33. The smallest absolute Gasteiger partial charge is 0.251 e. The Hall–Kier alpha value is -2.11. The Morgan fingerprint density at radius 2 is 2.30 bits per heavy atom. The number of thioether (sulfide) groups is 1. The summed E-state index contributed by atoms with van der Waals surface area (Å²) in [6.45, 7) is 6.76. The summed E-state index contributed by atoms with van der Waals surface area (Å²) in [5, 5.41) is 13.5. The van der Waals surface area contributed by atoms with E-state index < -0.39 is 0 Å². The third-order valence-corrected chi connectivity index (χ3v) is 6.90. The highest BCUT2D eigenvalue weighted by Crippen LogP contribution is 2.44. The molecule has 1 amide bonds. The molecule has 2 aromatic rings. The molecule has 0 spiro atoms. The van der Waals surface area contributed by atoms with Crippen LogP contribution in [0.3, 0.4) is 0 Å². The van der Waals surface area contributed by atoms with Crippen LogP contribution in [0.4, 0.5) is 5.00 Å². The molecule has 1 aliphatic carbocycles. The van der Waals surface area contributed by atoms with Gasteiger partial charge in [0.25, 0.3) is 5.56 Å². The van der Waals surface area contributed by atoms with Crippen molar-refractivity contribution in [3.05, 3.63) is 38.6 Å². The predicted octanol–water partition coefficient (Wildman–Crippen LogP) is 3.58. The molecule has 0 saturated carbocycles. The molecule has 1 aliphatic rings. The number of hydrogen-bond acceptors (Lipinski definition) is 6. The summed E-state index contributed by atoms with van der Waals surface area (Å²) >= 11 is 2.68. The molecule has 2 N–H and O–H groups in total. The Balaban J connectivity index is 1.70. The molecule has 0 aromatic carbocycles. The van der Waals surface area contributed by atoms with Crippen molar-refractivity contribution in [2.24, 2.45) is 11.3 Å². The van der Waals surface area contributed by atoms with Crippen LogP contribution in [-0.4, -0.2) is 21.6 Å². The van der Waals surface area contributed by atoms with E-state index in [1.807, 2.05) is 0 Å². The summed E-state index contributed by atoms with van der Waals surface area (Å²) in [4.78, 5) is 31.4. The van der Waals surface area contributed by atoms with Crippen LogP contribution in [0, 0.1) is 22.7 Å². The summed E-state index contributed by atoms with van der Waals surface area (Å²) < 4.78 is 0. The minimum Gasteiger partial charge on any atom is -0.316 e. The third-order valence-electron chi connectivity index (χ3n) is 4.84. The van der Waals surface area contributed by atoms with E-state index >= 15 is 0 Å². The maximum Gasteiger partial charge on any atom is 0.251 e. The van der Waals surface area contributed by atoms with E-state index in [-0.39, 0.29) is 22.6 Å². The second-order valence-electron chi connectivity index (χ2n) is 7.70. The van der Waals surface area contributed by atoms with E-state index in [4.69, 9.17) is 0 Å². The number of fused-ring (bicyclic) bond motifs is 1. The van der Waals surface area contributed by atoms with Crippen molar-refractivity contribution < 1.29 is 4.79 Å². The molecule has 0 bridgehead atoms. The Bertz CT molecular complexity index is 950. The van der Waals surface area contributed by atoms with Crippen molar-refractivity contribution in [2.75, 3.05) is 11.1 Å². The van der Waals surface area contributed by atoms with Gasteiger partial charge in [0, 0.05) is 17.1 Å². The molecule has 1 atom stereocenters. The molecular formula is C19H22N4O2S2. The van der Waals surface area contributed by atoms with Crippen molar-refractivity contribution in [1.29, 1.82) is 5.26 Å². The number of rotatable bonds is 4. The fourth-order valence-corrected chi connectivity index (χ4v) is 5.20. The quantitative estimate of drug-likeness (QED) is 0.601. The van der Waals surface area contributed by atoms with Crippen LogP contribution in [0.2, 0.25) is 0 Å². The third kappa shape index (κ3) is 4.60. The SMILES string of the molecule is CC(C)(C)[C@H]1CCc2c(sc(NC(=O)CSc3nccc(=O)[nH]3)c2C#N)C1. The first-order valence-electron chi connectivity index (χ1n) is 8.80. The normalized spacial score (nSPS) is 16.4. The average molecular weight is 403 g/mol. The van der Waals surface area contributed by atoms with Crippen LogP contribution in [0.15, 0.2) is 22.2 Å². The van der Waals surface area contributed by atoms with Gasteiger partial charge in [-0.25, -0.2) is 4.98 Å². The van der Waals surface area contributed by atoms with E-state index in [1.165, 1.54) is 28.5 Å². The van der Waals surface area contributed by atoms with Gasteiger partial charge in [0.05, 0.1) is 11.3 Å². The van der Waals surface area contributed by atoms with Crippen LogP contribution in [0.25, 0.3) is 0 Å². The maximum atomic E-state index is 12.3. The number of nitriles is 1. The molecule has 8 heteroatoms. The van der Waals surface area contributed by atoms with Crippen molar-refractivity contribution in [1.82, 2.24) is 9.97 Å². The highest BCUT2D eigenvalue weighted by molar-refractivity contribution is 7.99. The summed E-state index contributed by atoms with van der Waals surface area (Å²) in [6, 6.07) is 3.60. The van der Waals surface area contributed by atoms with Gasteiger partial charge in [0.15, 0.2) is 5.16 Å². The van der Waals surface area contributed by atoms with E-state index in [2.05, 4.69) is 42.1 Å². The molecule has 0 unspecified atom stereocenters. The second kappa shape index (κ2) is 7.87. The molecule has 6 nitrogen and oxygen atoms in total. The first-order chi connectivity index (χ1) is 12.8. The maximum absolute atomic E-state index is 12.3. The van der Waals surface area contributed by atoms with Crippen molar-refractivity contribution >= 4 is 34.0 Å². The number of aromatic amines is 1. The van der Waals surface area contributed by atoms with Gasteiger partial charge < -0.3 is 10.3 Å². The molecule has 2 heterocycles. The molecule has 0 saturated heterocycles. The highest BCUT2D eigenvalue weighted by Gasteiger charge is 2.32. The highest BCUT2D eigenvalue weighted by atomic mass is 32.2. The first kappa shape index (κ1) is 19.6. The predicted molar refractivity (Wildman–Crippen MR) is 108 cm³/mol. The minimum absolute atomic E-state index is 0.116. The van der Waals surface area contributed by atoms with E-state index in [1.54, 1.807) is 0 Å². The van der Waals surface area contributed by atoms with Crippen LogP contribution >= 0.6 is 23.1 Å². The number of carbonyl (C=O) groups excluding carboxylic acids is 1. The van der Waals surface area contributed by atoms with Gasteiger partial charge in [-0.3, -0.25) is 9.59 Å². The first-order valence-corrected chi connectivity index (χ1v) is 10.6. The van der Waals surface area contributed by atoms with E-state index in [0.717, 1.165) is 36.6 Å². The molecule has 0 radical (unpaired) electrons. The lowest BCUT2D eigenvalue weighted by molar-refractivity contribution is -0.113. The summed E-state index contributed by atoms with van der Waals surface area (Å²) in [6.07, 6.45) is 4.32. The zero-order chi connectivity index (χ0) is 19.6. The Kier molecular flexibility index (Phi) is 5.72. The Morgan fingerprint density at radius 3 is 2.96 bits per heavy atom. The van der Waals surface area contributed by atoms with E-state index in [0.29, 0.717) is 21.6 Å². The fraction of sp³-hybridized carbons (Fsp3) is 0.474. The molecule has 0 aliphatic heterocycles. The lowest BCUT2D eigenvalue weighted by atomic mass is 9.72. The van der Waals surface area contributed by atoms with Gasteiger partial charge in [-0.05, 0) is 36.2 Å². The van der Waals surface area contributed by atoms with Gasteiger partial charge in [0.1, 0.15) is 11.1 Å². The van der Waals surface area contributed by atoms with Gasteiger partial charge in [-0.15, -0.1) is 11.3 Å². The zero-order valence-electron chi connectivity index (χ0n) is 15.6. The summed E-state index contributed by atoms with van der Waals surface area (Å²) in [5.41, 5.74) is 1.68. The topological polar surface area (TPSA) is 98.6 Å². The molecular weight excluding hydrogens is 380 g/mol. The summed E-state index contributed by atoms with van der Waals surface area (Å²) in [7, 11) is 0. The van der Waals surface area contributed by atoms with Gasteiger partial charge >= 0.3 is 0 Å². The van der Waals surface area contributed by atoms with Crippen molar-refractivity contribution in [3.63, 3.8) is 0 Å². The number of nitrogens with zero attached hydrogens (tertiary/aromatic N) is 2. The van der Waals surface area contributed by atoms with Gasteiger partial charge in [-0.1, -0.05) is 32.5 Å². The number of carbonyl (C=O) groups is 1. The lowest BCUT2D eigenvalue weighted by Crippen LogP contribution is -2.26. The van der Waals surface area contributed by atoms with E-state index in [9.17, 15) is 14.9 Å². The Morgan fingerprint density at radius 1 is 1.52 bits per heavy atom. The van der Waals surface area contributed by atoms with Crippen LogP contribution < -0.4 is 10.9 Å². The van der Waals surface area contributed by atoms with Crippen LogP contribution in [0.5, 0.6) is 0 Å². The van der Waals surface area contributed by atoms with Crippen molar-refractivity contribution in [2.45, 2.75) is 45.2 Å².